The van der Waals surface area contributed by atoms with Crippen LogP contribution in [0.25, 0.3) is 0 Å². The van der Waals surface area contributed by atoms with E-state index in [2.05, 4.69) is 15.6 Å². The number of nitrogens with two attached hydrogens (primary N) is 1. The third-order valence-electron chi connectivity index (χ3n) is 3.64. The highest BCUT2D eigenvalue weighted by atomic mass is 127. The number of amides is 1. The maximum Gasteiger partial charge on any atom is 0.224 e. The fraction of sp³-hybridized carbons (Fsp3) is 0.529. The number of hydrogen-bond donors (Lipinski definition) is 3. The molecule has 7 heteroatoms. The van der Waals surface area contributed by atoms with E-state index in [4.69, 9.17) is 5.73 Å². The lowest BCUT2D eigenvalue weighted by Crippen LogP contribution is -2.40. The third-order valence-corrected chi connectivity index (χ3v) is 3.64. The molecule has 0 atom stereocenters. The van der Waals surface area contributed by atoms with Gasteiger partial charge in [0, 0.05) is 13.1 Å². The first-order chi connectivity index (χ1) is 10.8. The lowest BCUT2D eigenvalue weighted by Gasteiger charge is -2.19. The van der Waals surface area contributed by atoms with E-state index in [9.17, 15) is 9.18 Å². The highest BCUT2D eigenvalue weighted by Crippen LogP contribution is 2.14. The molecule has 0 aliphatic carbocycles. The van der Waals surface area contributed by atoms with Gasteiger partial charge in [-0.25, -0.2) is 4.39 Å². The largest absolute Gasteiger partial charge is 0.369 e. The molecule has 0 aliphatic rings. The van der Waals surface area contributed by atoms with Gasteiger partial charge in [-0.3, -0.25) is 9.79 Å². The van der Waals surface area contributed by atoms with E-state index < -0.39 is 5.41 Å². The fourth-order valence-corrected chi connectivity index (χ4v) is 1.95. The molecule has 5 nitrogen and oxygen atoms in total. The Morgan fingerprint density at radius 1 is 1.33 bits per heavy atom. The molecule has 0 unspecified atom stereocenters. The Balaban J connectivity index is 0.00000529. The number of primary amides is 1. The van der Waals surface area contributed by atoms with Crippen molar-refractivity contribution >= 4 is 35.8 Å². The highest BCUT2D eigenvalue weighted by Gasteiger charge is 2.24. The van der Waals surface area contributed by atoms with Crippen LogP contribution in [0.4, 0.5) is 4.39 Å². The van der Waals surface area contributed by atoms with Crippen LogP contribution in [0, 0.1) is 18.2 Å². The van der Waals surface area contributed by atoms with Crippen LogP contribution in [0.3, 0.4) is 0 Å². The molecule has 0 aromatic heterocycles. The summed E-state index contributed by atoms with van der Waals surface area (Å²) in [5.41, 5.74) is 6.70. The summed E-state index contributed by atoms with van der Waals surface area (Å²) >= 11 is 0. The van der Waals surface area contributed by atoms with Crippen molar-refractivity contribution in [3.63, 3.8) is 0 Å². The predicted molar refractivity (Wildman–Crippen MR) is 107 cm³/mol. The van der Waals surface area contributed by atoms with Crippen molar-refractivity contribution in [2.24, 2.45) is 16.1 Å². The van der Waals surface area contributed by atoms with Crippen molar-refractivity contribution in [3.8, 4) is 0 Å². The molecule has 1 aromatic carbocycles. The summed E-state index contributed by atoms with van der Waals surface area (Å²) in [7, 11) is 0. The van der Waals surface area contributed by atoms with Crippen molar-refractivity contribution in [2.75, 3.05) is 19.6 Å². The highest BCUT2D eigenvalue weighted by molar-refractivity contribution is 14.0. The van der Waals surface area contributed by atoms with Crippen LogP contribution in [0.15, 0.2) is 23.2 Å². The molecule has 1 aromatic rings. The molecule has 0 aliphatic heterocycles. The number of hydrogen-bond acceptors (Lipinski definition) is 2. The molecule has 4 N–H and O–H groups in total. The second-order valence-corrected chi connectivity index (χ2v) is 6.19. The van der Waals surface area contributed by atoms with Gasteiger partial charge >= 0.3 is 0 Å². The normalized spacial score (nSPS) is 11.6. The Bertz CT molecular complexity index is 576. The summed E-state index contributed by atoms with van der Waals surface area (Å²) < 4.78 is 13.1. The van der Waals surface area contributed by atoms with Gasteiger partial charge in [0.1, 0.15) is 5.82 Å². The summed E-state index contributed by atoms with van der Waals surface area (Å²) in [6.45, 7) is 9.10. The number of carbonyl (C=O) groups excluding carboxylic acids is 1. The molecule has 136 valence electrons. The second kappa shape index (κ2) is 10.5. The van der Waals surface area contributed by atoms with E-state index in [1.807, 2.05) is 13.8 Å². The zero-order valence-corrected chi connectivity index (χ0v) is 17.1. The van der Waals surface area contributed by atoms with Crippen LogP contribution in [-0.4, -0.2) is 31.5 Å². The first-order valence-electron chi connectivity index (χ1n) is 7.83. The molecule has 0 spiro atoms. The van der Waals surface area contributed by atoms with Crippen LogP contribution in [0.2, 0.25) is 0 Å². The number of rotatable bonds is 7. The topological polar surface area (TPSA) is 79.5 Å². The molecule has 0 fully saturated rings. The van der Waals surface area contributed by atoms with E-state index in [-0.39, 0.29) is 35.7 Å². The lowest BCUT2D eigenvalue weighted by molar-refractivity contribution is -0.125. The van der Waals surface area contributed by atoms with Gasteiger partial charge < -0.3 is 16.4 Å². The first-order valence-corrected chi connectivity index (χ1v) is 7.83. The van der Waals surface area contributed by atoms with Gasteiger partial charge in [0.2, 0.25) is 5.91 Å². The Morgan fingerprint density at radius 3 is 2.54 bits per heavy atom. The molecule has 0 saturated carbocycles. The number of halogens is 2. The van der Waals surface area contributed by atoms with Crippen LogP contribution in [0.1, 0.15) is 31.9 Å². The van der Waals surface area contributed by atoms with Crippen molar-refractivity contribution in [2.45, 2.75) is 34.1 Å². The van der Waals surface area contributed by atoms with Crippen LogP contribution < -0.4 is 16.4 Å². The minimum Gasteiger partial charge on any atom is -0.369 e. The first kappa shape index (κ1) is 22.6. The van der Waals surface area contributed by atoms with Gasteiger partial charge in [-0.15, -0.1) is 24.0 Å². The molecule has 24 heavy (non-hydrogen) atoms. The third kappa shape index (κ3) is 7.46. The number of benzene rings is 1. The summed E-state index contributed by atoms with van der Waals surface area (Å²) in [6, 6.07) is 4.80. The number of aliphatic imine (C=N–C) groups is 1. The number of nitrogens with one attached hydrogen (secondary N) is 2. The van der Waals surface area contributed by atoms with Gasteiger partial charge in [0.15, 0.2) is 5.96 Å². The number of nitrogens with zero attached hydrogens (tertiary/aromatic N) is 1. The monoisotopic (exact) mass is 450 g/mol. The Labute approximate surface area is 160 Å². The zero-order valence-electron chi connectivity index (χ0n) is 14.8. The van der Waals surface area contributed by atoms with Crippen LogP contribution in [0.5, 0.6) is 0 Å². The Kier molecular flexibility index (Phi) is 9.88. The van der Waals surface area contributed by atoms with Crippen LogP contribution in [-0.2, 0) is 11.2 Å². The number of aryl methyl sites for hydroxylation is 1. The molecular formula is C17H28FIN4O. The van der Waals surface area contributed by atoms with Crippen LogP contribution >= 0.6 is 24.0 Å². The standard InChI is InChI=1S/C17H27FN4O.HI/c1-5-20-16(22-11-17(3,4)15(19)23)21-9-8-13-6-7-14(18)10-12(13)2;/h6-7,10H,5,8-9,11H2,1-4H3,(H2,19,23)(H2,20,21,22);1H. The molecule has 1 amide bonds. The van der Waals surface area contributed by atoms with E-state index in [1.165, 1.54) is 12.1 Å². The maximum atomic E-state index is 13.1. The molecule has 1 rings (SSSR count). The average Bonchev–Trinajstić information content (AvgIpc) is 2.46. The van der Waals surface area contributed by atoms with E-state index in [1.54, 1.807) is 19.9 Å². The SMILES string of the molecule is CCNC(=NCC(C)(C)C(N)=O)NCCc1ccc(F)cc1C.I. The zero-order chi connectivity index (χ0) is 17.5. The Morgan fingerprint density at radius 2 is 2.00 bits per heavy atom. The molecule has 0 heterocycles. The van der Waals surface area contributed by atoms with E-state index in [0.29, 0.717) is 19.0 Å². The second-order valence-electron chi connectivity index (χ2n) is 6.19. The summed E-state index contributed by atoms with van der Waals surface area (Å²) in [5.74, 6) is 0.0448. The van der Waals surface area contributed by atoms with Gasteiger partial charge in [0.05, 0.1) is 12.0 Å². The molecule has 0 radical (unpaired) electrons. The summed E-state index contributed by atoms with van der Waals surface area (Å²) in [6.07, 6.45) is 0.760. The van der Waals surface area contributed by atoms with Crippen molar-refractivity contribution in [1.82, 2.24) is 10.6 Å². The summed E-state index contributed by atoms with van der Waals surface area (Å²) in [4.78, 5) is 15.7. The lowest BCUT2D eigenvalue weighted by atomic mass is 9.93. The summed E-state index contributed by atoms with van der Waals surface area (Å²) in [5, 5.41) is 6.35. The fourth-order valence-electron chi connectivity index (χ4n) is 1.95. The van der Waals surface area contributed by atoms with Gasteiger partial charge in [-0.2, -0.15) is 0 Å². The van der Waals surface area contributed by atoms with E-state index in [0.717, 1.165) is 24.1 Å². The molecule has 0 bridgehead atoms. The van der Waals surface area contributed by atoms with Gasteiger partial charge in [0.25, 0.3) is 0 Å². The van der Waals surface area contributed by atoms with E-state index >= 15 is 0 Å². The van der Waals surface area contributed by atoms with Crippen molar-refractivity contribution in [1.29, 1.82) is 0 Å². The van der Waals surface area contributed by atoms with Gasteiger partial charge in [-0.1, -0.05) is 6.07 Å². The maximum absolute atomic E-state index is 13.1. The number of guanidine groups is 1. The minimum absolute atomic E-state index is 0. The van der Waals surface area contributed by atoms with Gasteiger partial charge in [-0.05, 0) is 57.4 Å². The Hall–Kier alpha value is -1.38. The quantitative estimate of drug-likeness (QED) is 0.339. The van der Waals surface area contributed by atoms with Crippen molar-refractivity contribution < 1.29 is 9.18 Å². The average molecular weight is 450 g/mol. The van der Waals surface area contributed by atoms with Crippen molar-refractivity contribution in [3.05, 3.63) is 35.1 Å². The molecular weight excluding hydrogens is 422 g/mol. The molecule has 0 saturated heterocycles. The minimum atomic E-state index is -0.685. The smallest absolute Gasteiger partial charge is 0.224 e. The predicted octanol–water partition coefficient (Wildman–Crippen LogP) is 2.36. The number of carbonyl (C=O) groups is 1.